The number of hydrogen-bond acceptors (Lipinski definition) is 5. The molecule has 1 atom stereocenters. The molecule has 1 unspecified atom stereocenters. The first-order valence-corrected chi connectivity index (χ1v) is 9.93. The molecule has 3 heterocycles. The Morgan fingerprint density at radius 3 is 2.80 bits per heavy atom. The minimum Gasteiger partial charge on any atom is -0.444 e. The third-order valence-electron chi connectivity index (χ3n) is 4.63. The number of likely N-dealkylation sites (tertiary alicyclic amines) is 1. The van der Waals surface area contributed by atoms with Crippen LogP contribution in [0, 0.1) is 0 Å². The van der Waals surface area contributed by atoms with Crippen molar-refractivity contribution in [3.05, 3.63) is 23.9 Å². The SMILES string of the molecule is CCCSc1ncccc1C(=O)N1CCC(N2CC(C)OC2=O)CC1. The van der Waals surface area contributed by atoms with Crippen molar-refractivity contribution in [2.24, 2.45) is 0 Å². The average Bonchev–Trinajstić information content (AvgIpc) is 2.98. The molecule has 0 N–H and O–H groups in total. The number of pyridine rings is 1. The Morgan fingerprint density at radius 2 is 2.16 bits per heavy atom. The number of ether oxygens (including phenoxy) is 1. The number of carbonyl (C=O) groups is 2. The number of thioether (sulfide) groups is 1. The van der Waals surface area contributed by atoms with Crippen molar-refractivity contribution < 1.29 is 14.3 Å². The number of amides is 2. The van der Waals surface area contributed by atoms with E-state index in [9.17, 15) is 9.59 Å². The van der Waals surface area contributed by atoms with Crippen LogP contribution in [0.15, 0.2) is 23.4 Å². The summed E-state index contributed by atoms with van der Waals surface area (Å²) in [6.45, 7) is 6.00. The van der Waals surface area contributed by atoms with Gasteiger partial charge in [0, 0.05) is 25.3 Å². The van der Waals surface area contributed by atoms with E-state index in [1.54, 1.807) is 18.0 Å². The van der Waals surface area contributed by atoms with Crippen molar-refractivity contribution in [3.63, 3.8) is 0 Å². The molecule has 25 heavy (non-hydrogen) atoms. The summed E-state index contributed by atoms with van der Waals surface area (Å²) in [6, 6.07) is 3.85. The van der Waals surface area contributed by atoms with E-state index < -0.39 is 0 Å². The molecule has 2 saturated heterocycles. The van der Waals surface area contributed by atoms with E-state index in [1.807, 2.05) is 28.9 Å². The molecule has 1 aromatic heterocycles. The normalized spacial score (nSPS) is 21.5. The summed E-state index contributed by atoms with van der Waals surface area (Å²) < 4.78 is 5.22. The minimum absolute atomic E-state index is 0.0410. The summed E-state index contributed by atoms with van der Waals surface area (Å²) in [6.07, 6.45) is 4.12. The Labute approximate surface area is 152 Å². The second kappa shape index (κ2) is 8.08. The van der Waals surface area contributed by atoms with Crippen LogP contribution < -0.4 is 0 Å². The number of aromatic nitrogens is 1. The molecule has 6 nitrogen and oxygen atoms in total. The van der Waals surface area contributed by atoms with Gasteiger partial charge in [-0.05, 0) is 44.1 Å². The Hall–Kier alpha value is -1.76. The van der Waals surface area contributed by atoms with Gasteiger partial charge in [-0.1, -0.05) is 6.92 Å². The Morgan fingerprint density at radius 1 is 1.40 bits per heavy atom. The summed E-state index contributed by atoms with van der Waals surface area (Å²) >= 11 is 1.63. The van der Waals surface area contributed by atoms with Crippen LogP contribution in [0.25, 0.3) is 0 Å². The zero-order valence-electron chi connectivity index (χ0n) is 14.8. The molecule has 7 heteroatoms. The van der Waals surface area contributed by atoms with Gasteiger partial charge in [0.1, 0.15) is 11.1 Å². The highest BCUT2D eigenvalue weighted by atomic mass is 32.2. The molecule has 136 valence electrons. The van der Waals surface area contributed by atoms with Gasteiger partial charge in [-0.3, -0.25) is 4.79 Å². The third kappa shape index (κ3) is 4.08. The van der Waals surface area contributed by atoms with Crippen LogP contribution in [0.5, 0.6) is 0 Å². The van der Waals surface area contributed by atoms with E-state index >= 15 is 0 Å². The topological polar surface area (TPSA) is 62.7 Å². The van der Waals surface area contributed by atoms with Crippen molar-refractivity contribution in [3.8, 4) is 0 Å². The lowest BCUT2D eigenvalue weighted by Gasteiger charge is -2.35. The van der Waals surface area contributed by atoms with Crippen LogP contribution in [-0.4, -0.2) is 64.3 Å². The third-order valence-corrected chi connectivity index (χ3v) is 5.84. The maximum absolute atomic E-state index is 12.9. The lowest BCUT2D eigenvalue weighted by atomic mass is 10.0. The summed E-state index contributed by atoms with van der Waals surface area (Å²) in [7, 11) is 0. The van der Waals surface area contributed by atoms with Gasteiger partial charge >= 0.3 is 6.09 Å². The van der Waals surface area contributed by atoms with Gasteiger partial charge in [0.25, 0.3) is 5.91 Å². The number of piperidine rings is 1. The van der Waals surface area contributed by atoms with Gasteiger partial charge in [0.05, 0.1) is 12.1 Å². The largest absolute Gasteiger partial charge is 0.444 e. The molecule has 2 fully saturated rings. The lowest BCUT2D eigenvalue weighted by molar-refractivity contribution is 0.0654. The molecule has 2 aliphatic heterocycles. The van der Waals surface area contributed by atoms with Crippen LogP contribution in [0.3, 0.4) is 0 Å². The number of rotatable bonds is 5. The number of hydrogen-bond donors (Lipinski definition) is 0. The Balaban J connectivity index is 1.61. The van der Waals surface area contributed by atoms with Crippen molar-refractivity contribution in [1.29, 1.82) is 0 Å². The van der Waals surface area contributed by atoms with Crippen LogP contribution in [0.1, 0.15) is 43.5 Å². The van der Waals surface area contributed by atoms with E-state index in [-0.39, 0.29) is 24.1 Å². The predicted octanol–water partition coefficient (Wildman–Crippen LogP) is 3.03. The van der Waals surface area contributed by atoms with Crippen molar-refractivity contribution in [2.45, 2.75) is 50.3 Å². The van der Waals surface area contributed by atoms with Gasteiger partial charge in [0.15, 0.2) is 0 Å². The smallest absolute Gasteiger partial charge is 0.410 e. The fraction of sp³-hybridized carbons (Fsp3) is 0.611. The zero-order chi connectivity index (χ0) is 17.8. The van der Waals surface area contributed by atoms with Crippen molar-refractivity contribution >= 4 is 23.8 Å². The molecule has 0 radical (unpaired) electrons. The van der Waals surface area contributed by atoms with Crippen LogP contribution in [0.2, 0.25) is 0 Å². The molecule has 0 bridgehead atoms. The van der Waals surface area contributed by atoms with Gasteiger partial charge in [0.2, 0.25) is 0 Å². The zero-order valence-corrected chi connectivity index (χ0v) is 15.6. The second-order valence-electron chi connectivity index (χ2n) is 6.57. The quantitative estimate of drug-likeness (QED) is 0.753. The minimum atomic E-state index is -0.220. The standard InChI is InChI=1S/C18H25N3O3S/c1-3-11-25-16-15(5-4-8-19-16)17(22)20-9-6-14(7-10-20)21-12-13(2)24-18(21)23/h4-5,8,13-14H,3,6-7,9-12H2,1-2H3. The summed E-state index contributed by atoms with van der Waals surface area (Å²) in [5.74, 6) is 0.997. The first-order chi connectivity index (χ1) is 12.1. The maximum atomic E-state index is 12.9. The molecule has 0 aromatic carbocycles. The average molecular weight is 363 g/mol. The highest BCUT2D eigenvalue weighted by molar-refractivity contribution is 7.99. The Bertz CT molecular complexity index is 632. The molecule has 1 aromatic rings. The van der Waals surface area contributed by atoms with E-state index in [0.717, 1.165) is 30.0 Å². The highest BCUT2D eigenvalue weighted by Crippen LogP contribution is 2.26. The molecular formula is C18H25N3O3S. The van der Waals surface area contributed by atoms with Crippen molar-refractivity contribution in [2.75, 3.05) is 25.4 Å². The van der Waals surface area contributed by atoms with E-state index in [2.05, 4.69) is 11.9 Å². The summed E-state index contributed by atoms with van der Waals surface area (Å²) in [5.41, 5.74) is 0.689. The van der Waals surface area contributed by atoms with Gasteiger partial charge in [-0.15, -0.1) is 11.8 Å². The van der Waals surface area contributed by atoms with E-state index in [1.165, 1.54) is 0 Å². The van der Waals surface area contributed by atoms with Crippen LogP contribution >= 0.6 is 11.8 Å². The fourth-order valence-electron chi connectivity index (χ4n) is 3.35. The van der Waals surface area contributed by atoms with Crippen LogP contribution in [0.4, 0.5) is 4.79 Å². The number of nitrogens with zero attached hydrogens (tertiary/aromatic N) is 3. The fourth-order valence-corrected chi connectivity index (χ4v) is 4.19. The summed E-state index contributed by atoms with van der Waals surface area (Å²) in [5, 5.41) is 0.813. The molecule has 2 amide bonds. The van der Waals surface area contributed by atoms with E-state index in [4.69, 9.17) is 4.74 Å². The first-order valence-electron chi connectivity index (χ1n) is 8.94. The Kier molecular flexibility index (Phi) is 5.83. The number of cyclic esters (lactones) is 1. The predicted molar refractivity (Wildman–Crippen MR) is 96.8 cm³/mol. The van der Waals surface area contributed by atoms with Crippen LogP contribution in [-0.2, 0) is 4.74 Å². The maximum Gasteiger partial charge on any atom is 0.410 e. The molecule has 0 saturated carbocycles. The van der Waals surface area contributed by atoms with Crippen molar-refractivity contribution in [1.82, 2.24) is 14.8 Å². The monoisotopic (exact) mass is 363 g/mol. The molecule has 3 rings (SSSR count). The van der Waals surface area contributed by atoms with Gasteiger partial charge < -0.3 is 14.5 Å². The number of carbonyl (C=O) groups excluding carboxylic acids is 2. The summed E-state index contributed by atoms with van der Waals surface area (Å²) in [4.78, 5) is 32.8. The van der Waals surface area contributed by atoms with E-state index in [0.29, 0.717) is 25.2 Å². The first kappa shape index (κ1) is 18.0. The molecular weight excluding hydrogens is 338 g/mol. The lowest BCUT2D eigenvalue weighted by Crippen LogP contribution is -2.47. The van der Waals surface area contributed by atoms with Gasteiger partial charge in [-0.2, -0.15) is 0 Å². The molecule has 0 spiro atoms. The molecule has 0 aliphatic carbocycles. The molecule has 2 aliphatic rings. The highest BCUT2D eigenvalue weighted by Gasteiger charge is 2.36. The van der Waals surface area contributed by atoms with Gasteiger partial charge in [-0.25, -0.2) is 9.78 Å². The second-order valence-corrected chi connectivity index (χ2v) is 7.66.